The lowest BCUT2D eigenvalue weighted by Crippen LogP contribution is -1.93. The Hall–Kier alpha value is -0.850. The molecule has 0 saturated heterocycles. The molecule has 1 nitrogen and oxygen atoms in total. The molecule has 1 heteroatoms. The van der Waals surface area contributed by atoms with Crippen LogP contribution in [0.4, 0.5) is 0 Å². The minimum absolute atomic E-state index is 0.187. The number of carbonyl (C=O) groups excluding carboxylic acids is 1. The van der Waals surface area contributed by atoms with Gasteiger partial charge in [-0.2, -0.15) is 0 Å². The molecule has 0 aromatic heterocycles. The van der Waals surface area contributed by atoms with E-state index < -0.39 is 0 Å². The van der Waals surface area contributed by atoms with E-state index in [4.69, 9.17) is 0 Å². The minimum Gasteiger partial charge on any atom is -0.298 e. The van der Waals surface area contributed by atoms with E-state index in [1.165, 1.54) is 0 Å². The van der Waals surface area contributed by atoms with Crippen LogP contribution in [-0.4, -0.2) is 6.29 Å². The molecule has 1 unspecified atom stereocenters. The molecule has 0 amide bonds. The lowest BCUT2D eigenvalue weighted by molar-refractivity contribution is -0.105. The number of aldehydes is 1. The van der Waals surface area contributed by atoms with Gasteiger partial charge in [0, 0.05) is 5.92 Å². The largest absolute Gasteiger partial charge is 0.298 e. The maximum absolute atomic E-state index is 10.1. The van der Waals surface area contributed by atoms with Gasteiger partial charge in [0.2, 0.25) is 0 Å². The van der Waals surface area contributed by atoms with Crippen molar-refractivity contribution in [1.82, 2.24) is 0 Å². The third kappa shape index (κ3) is 2.85. The second kappa shape index (κ2) is 4.07. The van der Waals surface area contributed by atoms with Gasteiger partial charge in [0.05, 0.1) is 0 Å². The fraction of sp³-hybridized carbons (Fsp3) is 0.375. The van der Waals surface area contributed by atoms with Crippen molar-refractivity contribution in [1.29, 1.82) is 0 Å². The summed E-state index contributed by atoms with van der Waals surface area (Å²) in [6, 6.07) is 0. The summed E-state index contributed by atoms with van der Waals surface area (Å²) in [5.41, 5.74) is 0.633. The maximum Gasteiger partial charge on any atom is 0.146 e. The van der Waals surface area contributed by atoms with Gasteiger partial charge in [-0.15, -0.1) is 0 Å². The summed E-state index contributed by atoms with van der Waals surface area (Å²) in [5, 5.41) is 0. The van der Waals surface area contributed by atoms with Crippen LogP contribution in [0.2, 0.25) is 0 Å². The summed E-state index contributed by atoms with van der Waals surface area (Å²) < 4.78 is 0. The Balaban J connectivity index is 3.87. The summed E-state index contributed by atoms with van der Waals surface area (Å²) in [7, 11) is 0. The van der Waals surface area contributed by atoms with Crippen molar-refractivity contribution >= 4 is 6.29 Å². The molecule has 1 atom stereocenters. The van der Waals surface area contributed by atoms with Crippen LogP contribution in [0.1, 0.15) is 13.8 Å². The number of hydrogen-bond acceptors (Lipinski definition) is 1. The molecule has 0 saturated carbocycles. The van der Waals surface area contributed by atoms with Crippen LogP contribution in [0.3, 0.4) is 0 Å². The summed E-state index contributed by atoms with van der Waals surface area (Å²) >= 11 is 0. The zero-order chi connectivity index (χ0) is 7.28. The number of rotatable bonds is 3. The fourth-order valence-electron chi connectivity index (χ4n) is 0.520. The lowest BCUT2D eigenvalue weighted by atomic mass is 10.0. The molecule has 0 fully saturated rings. The Morgan fingerprint density at radius 2 is 2.22 bits per heavy atom. The van der Waals surface area contributed by atoms with E-state index in [-0.39, 0.29) is 5.92 Å². The summed E-state index contributed by atoms with van der Waals surface area (Å²) in [5.74, 6) is 0.187. The van der Waals surface area contributed by atoms with E-state index in [2.05, 4.69) is 6.58 Å². The quantitative estimate of drug-likeness (QED) is 0.319. The molecule has 0 aliphatic rings. The normalized spacial score (nSPS) is 13.6. The monoisotopic (exact) mass is 124 g/mol. The van der Waals surface area contributed by atoms with Crippen molar-refractivity contribution in [3.63, 3.8) is 0 Å². The first-order valence-electron chi connectivity index (χ1n) is 2.99. The topological polar surface area (TPSA) is 17.1 Å². The first-order chi connectivity index (χ1) is 4.22. The van der Waals surface area contributed by atoms with Gasteiger partial charge in [-0.25, -0.2) is 0 Å². The zero-order valence-corrected chi connectivity index (χ0v) is 5.92. The van der Waals surface area contributed by atoms with Crippen molar-refractivity contribution in [3.05, 3.63) is 24.3 Å². The van der Waals surface area contributed by atoms with Gasteiger partial charge in [0.25, 0.3) is 0 Å². The number of carbonyl (C=O) groups is 1. The fourth-order valence-corrected chi connectivity index (χ4v) is 0.520. The number of hydrogen-bond donors (Lipinski definition) is 0. The highest BCUT2D eigenvalue weighted by Crippen LogP contribution is 2.05. The van der Waals surface area contributed by atoms with E-state index >= 15 is 0 Å². The van der Waals surface area contributed by atoms with Gasteiger partial charge in [0.15, 0.2) is 0 Å². The van der Waals surface area contributed by atoms with Gasteiger partial charge in [-0.3, -0.25) is 4.79 Å². The number of allylic oxidation sites excluding steroid dienone is 3. The van der Waals surface area contributed by atoms with E-state index in [1.807, 2.05) is 26.0 Å². The molecule has 0 N–H and O–H groups in total. The van der Waals surface area contributed by atoms with Crippen LogP contribution >= 0.6 is 0 Å². The Labute approximate surface area is 56.1 Å². The third-order valence-electron chi connectivity index (χ3n) is 1.22. The Bertz CT molecular complexity index is 134. The van der Waals surface area contributed by atoms with Crippen molar-refractivity contribution in [2.75, 3.05) is 0 Å². The summed E-state index contributed by atoms with van der Waals surface area (Å²) in [4.78, 5) is 10.1. The second-order valence-electron chi connectivity index (χ2n) is 2.01. The predicted molar refractivity (Wildman–Crippen MR) is 39.2 cm³/mol. The first kappa shape index (κ1) is 8.15. The van der Waals surface area contributed by atoms with Gasteiger partial charge in [0.1, 0.15) is 6.29 Å². The molecular formula is C8H12O. The van der Waals surface area contributed by atoms with Crippen LogP contribution < -0.4 is 0 Å². The van der Waals surface area contributed by atoms with Gasteiger partial charge >= 0.3 is 0 Å². The van der Waals surface area contributed by atoms with E-state index in [1.54, 1.807) is 0 Å². The smallest absolute Gasteiger partial charge is 0.146 e. The molecule has 0 bridgehead atoms. The Morgan fingerprint density at radius 3 is 2.56 bits per heavy atom. The van der Waals surface area contributed by atoms with Gasteiger partial charge in [-0.05, 0) is 12.5 Å². The first-order valence-corrected chi connectivity index (χ1v) is 2.99. The zero-order valence-electron chi connectivity index (χ0n) is 5.92. The highest BCUT2D eigenvalue weighted by molar-refractivity contribution is 5.73. The SMILES string of the molecule is C=C(C=O)C(C)/C=C/C. The average Bonchev–Trinajstić information content (AvgIpc) is 1.87. The van der Waals surface area contributed by atoms with Crippen molar-refractivity contribution in [2.24, 2.45) is 5.92 Å². The van der Waals surface area contributed by atoms with Crippen molar-refractivity contribution < 1.29 is 4.79 Å². The van der Waals surface area contributed by atoms with E-state index in [0.29, 0.717) is 5.57 Å². The van der Waals surface area contributed by atoms with E-state index in [0.717, 1.165) is 6.29 Å². The maximum atomic E-state index is 10.1. The average molecular weight is 124 g/mol. The molecule has 0 aromatic rings. The third-order valence-corrected chi connectivity index (χ3v) is 1.22. The molecule has 9 heavy (non-hydrogen) atoms. The predicted octanol–water partition coefficient (Wildman–Crippen LogP) is 1.95. The molecule has 0 heterocycles. The van der Waals surface area contributed by atoms with Gasteiger partial charge in [-0.1, -0.05) is 25.7 Å². The van der Waals surface area contributed by atoms with Crippen LogP contribution in [0.5, 0.6) is 0 Å². The Kier molecular flexibility index (Phi) is 3.69. The minimum atomic E-state index is 0.187. The molecule has 0 aromatic carbocycles. The lowest BCUT2D eigenvalue weighted by Gasteiger charge is -2.00. The summed E-state index contributed by atoms with van der Waals surface area (Å²) in [6.45, 7) is 7.44. The molecule has 0 rings (SSSR count). The molecular weight excluding hydrogens is 112 g/mol. The van der Waals surface area contributed by atoms with Gasteiger partial charge < -0.3 is 0 Å². The van der Waals surface area contributed by atoms with Crippen molar-refractivity contribution in [2.45, 2.75) is 13.8 Å². The molecule has 50 valence electrons. The van der Waals surface area contributed by atoms with Crippen LogP contribution in [0, 0.1) is 5.92 Å². The standard InChI is InChI=1S/C8H12O/c1-4-5-7(2)8(3)6-9/h4-7H,3H2,1-2H3/b5-4+. The highest BCUT2D eigenvalue weighted by Gasteiger charge is 1.97. The molecule has 0 spiro atoms. The second-order valence-corrected chi connectivity index (χ2v) is 2.01. The van der Waals surface area contributed by atoms with Crippen LogP contribution in [0.15, 0.2) is 24.3 Å². The van der Waals surface area contributed by atoms with Crippen LogP contribution in [-0.2, 0) is 4.79 Å². The van der Waals surface area contributed by atoms with Crippen LogP contribution in [0.25, 0.3) is 0 Å². The molecule has 0 aliphatic heterocycles. The molecule has 0 aliphatic carbocycles. The highest BCUT2D eigenvalue weighted by atomic mass is 16.1. The Morgan fingerprint density at radius 1 is 1.67 bits per heavy atom. The van der Waals surface area contributed by atoms with E-state index in [9.17, 15) is 4.79 Å². The van der Waals surface area contributed by atoms with Crippen molar-refractivity contribution in [3.8, 4) is 0 Å². The molecule has 0 radical (unpaired) electrons. The summed E-state index contributed by atoms with van der Waals surface area (Å²) in [6.07, 6.45) is 4.65.